The van der Waals surface area contributed by atoms with E-state index in [4.69, 9.17) is 10.5 Å². The molecule has 0 heterocycles. The van der Waals surface area contributed by atoms with Crippen molar-refractivity contribution in [3.63, 3.8) is 0 Å². The Kier molecular flexibility index (Phi) is 9.13. The average molecular weight is 308 g/mol. The van der Waals surface area contributed by atoms with Gasteiger partial charge in [-0.3, -0.25) is 9.59 Å². The van der Waals surface area contributed by atoms with E-state index in [0.717, 1.165) is 0 Å². The number of carbonyl (C=O) groups excluding carboxylic acids is 2. The minimum absolute atomic E-state index is 0.0670. The molecule has 0 aromatic heterocycles. The molecule has 0 aromatic rings. The molecular formula is C16H28N4O2. The zero-order valence-corrected chi connectivity index (χ0v) is 14.9. The minimum atomic E-state index is -0.749. The molecule has 0 atom stereocenters. The molecule has 0 saturated carbocycles. The third kappa shape index (κ3) is 10.7. The van der Waals surface area contributed by atoms with Crippen molar-refractivity contribution in [1.82, 2.24) is 10.6 Å². The van der Waals surface area contributed by atoms with Crippen LogP contribution in [-0.2, 0) is 9.59 Å². The number of amides is 2. The van der Waals surface area contributed by atoms with Gasteiger partial charge in [-0.15, -0.1) is 0 Å². The molecule has 0 rings (SSSR count). The smallest absolute Gasteiger partial charge is 0.223 e. The van der Waals surface area contributed by atoms with Crippen molar-refractivity contribution in [2.75, 3.05) is 0 Å². The van der Waals surface area contributed by atoms with E-state index in [0.29, 0.717) is 0 Å². The Morgan fingerprint density at radius 1 is 0.773 bits per heavy atom. The lowest BCUT2D eigenvalue weighted by Gasteiger charge is -2.18. The molecule has 2 N–H and O–H groups in total. The van der Waals surface area contributed by atoms with Gasteiger partial charge in [0.2, 0.25) is 11.8 Å². The highest BCUT2D eigenvalue weighted by molar-refractivity contribution is 5.79. The Bertz CT molecular complexity index is 422. The second-order valence-electron chi connectivity index (χ2n) is 6.76. The van der Waals surface area contributed by atoms with Crippen molar-refractivity contribution in [2.45, 2.75) is 66.5 Å². The Morgan fingerprint density at radius 3 is 1.14 bits per heavy atom. The van der Waals surface area contributed by atoms with Gasteiger partial charge in [-0.25, -0.2) is 0 Å². The molecule has 6 heteroatoms. The minimum Gasteiger partial charge on any atom is -0.338 e. The van der Waals surface area contributed by atoms with Gasteiger partial charge in [-0.1, -0.05) is 27.7 Å². The van der Waals surface area contributed by atoms with Crippen molar-refractivity contribution in [1.29, 1.82) is 10.5 Å². The van der Waals surface area contributed by atoms with E-state index in [9.17, 15) is 9.59 Å². The molecule has 0 aliphatic carbocycles. The summed E-state index contributed by atoms with van der Waals surface area (Å²) in [5.41, 5.74) is -1.50. The van der Waals surface area contributed by atoms with Crippen molar-refractivity contribution in [3.8, 4) is 12.1 Å². The van der Waals surface area contributed by atoms with E-state index in [1.807, 2.05) is 12.1 Å². The van der Waals surface area contributed by atoms with Gasteiger partial charge >= 0.3 is 0 Å². The van der Waals surface area contributed by atoms with E-state index in [1.165, 1.54) is 0 Å². The zero-order chi connectivity index (χ0) is 18.1. The van der Waals surface area contributed by atoms with Crippen LogP contribution < -0.4 is 10.6 Å². The molecule has 124 valence electrons. The largest absolute Gasteiger partial charge is 0.338 e. The van der Waals surface area contributed by atoms with Gasteiger partial charge in [0.15, 0.2) is 0 Å². The highest BCUT2D eigenvalue weighted by Crippen LogP contribution is 2.02. The highest BCUT2D eigenvalue weighted by Gasteiger charge is 2.21. The van der Waals surface area contributed by atoms with E-state index >= 15 is 0 Å². The summed E-state index contributed by atoms with van der Waals surface area (Å²) in [6.07, 6.45) is 0. The van der Waals surface area contributed by atoms with Crippen molar-refractivity contribution < 1.29 is 9.59 Å². The molecule has 0 bridgehead atoms. The van der Waals surface area contributed by atoms with Crippen molar-refractivity contribution in [3.05, 3.63) is 0 Å². The lowest BCUT2D eigenvalue weighted by atomic mass is 10.1. The molecule has 0 radical (unpaired) electrons. The van der Waals surface area contributed by atoms with Gasteiger partial charge in [0.25, 0.3) is 0 Å². The summed E-state index contributed by atoms with van der Waals surface area (Å²) in [7, 11) is 0. The zero-order valence-electron chi connectivity index (χ0n) is 14.9. The summed E-state index contributed by atoms with van der Waals surface area (Å²) >= 11 is 0. The molecule has 0 aromatic carbocycles. The molecule has 0 aliphatic heterocycles. The molecular weight excluding hydrogens is 280 g/mol. The van der Waals surface area contributed by atoms with E-state index in [1.54, 1.807) is 55.4 Å². The molecule has 22 heavy (non-hydrogen) atoms. The van der Waals surface area contributed by atoms with Crippen LogP contribution in [0.2, 0.25) is 0 Å². The van der Waals surface area contributed by atoms with Gasteiger partial charge in [-0.2, -0.15) is 10.5 Å². The van der Waals surface area contributed by atoms with E-state index in [-0.39, 0.29) is 23.7 Å². The van der Waals surface area contributed by atoms with Crippen LogP contribution in [-0.4, -0.2) is 22.9 Å². The summed E-state index contributed by atoms with van der Waals surface area (Å²) in [4.78, 5) is 22.1. The third-order valence-corrected chi connectivity index (χ3v) is 2.48. The Balaban J connectivity index is 0. The van der Waals surface area contributed by atoms with Crippen LogP contribution >= 0.6 is 0 Å². The van der Waals surface area contributed by atoms with Gasteiger partial charge in [0.05, 0.1) is 12.1 Å². The second kappa shape index (κ2) is 9.04. The molecule has 0 fully saturated rings. The number of hydrogen-bond donors (Lipinski definition) is 2. The molecule has 0 aliphatic rings. The maximum Gasteiger partial charge on any atom is 0.223 e. The molecule has 0 unspecified atom stereocenters. The van der Waals surface area contributed by atoms with E-state index in [2.05, 4.69) is 10.6 Å². The highest BCUT2D eigenvalue weighted by atomic mass is 16.2. The Hall–Kier alpha value is -2.08. The fourth-order valence-electron chi connectivity index (χ4n) is 0.961. The molecule has 6 nitrogen and oxygen atoms in total. The summed E-state index contributed by atoms with van der Waals surface area (Å²) in [5, 5.41) is 22.3. The fourth-order valence-corrected chi connectivity index (χ4v) is 0.961. The van der Waals surface area contributed by atoms with Gasteiger partial charge in [0, 0.05) is 11.8 Å². The van der Waals surface area contributed by atoms with Crippen LogP contribution in [0.4, 0.5) is 0 Å². The van der Waals surface area contributed by atoms with Crippen LogP contribution in [0, 0.1) is 34.5 Å². The number of nitrogens with zero attached hydrogens (tertiary/aromatic N) is 2. The quantitative estimate of drug-likeness (QED) is 0.829. The maximum absolute atomic E-state index is 11.1. The summed E-state index contributed by atoms with van der Waals surface area (Å²) in [6, 6.07) is 3.99. The standard InChI is InChI=1S/2C8H14N2O/c2*1-6(2)7(11)10-8(3,4)5-9/h2*6H,1-4H3,(H,10,11). The third-order valence-electron chi connectivity index (χ3n) is 2.48. The lowest BCUT2D eigenvalue weighted by Crippen LogP contribution is -2.44. The molecule has 0 spiro atoms. The topological polar surface area (TPSA) is 106 Å². The van der Waals surface area contributed by atoms with Crippen LogP contribution in [0.25, 0.3) is 0 Å². The van der Waals surface area contributed by atoms with Gasteiger partial charge in [-0.05, 0) is 27.7 Å². The second-order valence-corrected chi connectivity index (χ2v) is 6.76. The predicted octanol–water partition coefficient (Wildman–Crippen LogP) is 2.12. The van der Waals surface area contributed by atoms with Crippen LogP contribution in [0.3, 0.4) is 0 Å². The fraction of sp³-hybridized carbons (Fsp3) is 0.750. The first-order valence-corrected chi connectivity index (χ1v) is 7.24. The predicted molar refractivity (Wildman–Crippen MR) is 85.3 cm³/mol. The van der Waals surface area contributed by atoms with Crippen LogP contribution in [0.5, 0.6) is 0 Å². The Morgan fingerprint density at radius 2 is 1.00 bits per heavy atom. The number of carbonyl (C=O) groups is 2. The first kappa shape index (κ1) is 22.2. The molecule has 0 saturated heterocycles. The average Bonchev–Trinajstić information content (AvgIpc) is 2.38. The Labute approximate surface area is 133 Å². The SMILES string of the molecule is CC(C)C(=O)NC(C)(C)C#N.CC(C)C(=O)NC(C)(C)C#N. The number of rotatable bonds is 4. The normalized spacial score (nSPS) is 10.9. The van der Waals surface area contributed by atoms with Crippen molar-refractivity contribution in [2.24, 2.45) is 11.8 Å². The first-order valence-electron chi connectivity index (χ1n) is 7.24. The van der Waals surface area contributed by atoms with Gasteiger partial charge in [0.1, 0.15) is 11.1 Å². The van der Waals surface area contributed by atoms with Crippen LogP contribution in [0.15, 0.2) is 0 Å². The van der Waals surface area contributed by atoms with E-state index < -0.39 is 11.1 Å². The maximum atomic E-state index is 11.1. The van der Waals surface area contributed by atoms with Gasteiger partial charge < -0.3 is 10.6 Å². The summed E-state index contributed by atoms with van der Waals surface area (Å²) < 4.78 is 0. The monoisotopic (exact) mass is 308 g/mol. The summed E-state index contributed by atoms with van der Waals surface area (Å²) in [5.74, 6) is -0.307. The number of hydrogen-bond acceptors (Lipinski definition) is 4. The molecule has 2 amide bonds. The number of nitrogens with one attached hydrogen (secondary N) is 2. The lowest BCUT2D eigenvalue weighted by molar-refractivity contribution is -0.125. The van der Waals surface area contributed by atoms with Crippen molar-refractivity contribution >= 4 is 11.8 Å². The first-order chi connectivity index (χ1) is 9.78. The van der Waals surface area contributed by atoms with Crippen LogP contribution in [0.1, 0.15) is 55.4 Å². The summed E-state index contributed by atoms with van der Waals surface area (Å²) in [6.45, 7) is 13.9. The number of nitriles is 2.